The van der Waals surface area contributed by atoms with Crippen molar-refractivity contribution < 1.29 is 14.3 Å². The van der Waals surface area contributed by atoms with Gasteiger partial charge in [0.15, 0.2) is 0 Å². The van der Waals surface area contributed by atoms with E-state index in [1.54, 1.807) is 18.2 Å². The van der Waals surface area contributed by atoms with Gasteiger partial charge in [0.1, 0.15) is 5.75 Å². The summed E-state index contributed by atoms with van der Waals surface area (Å²) in [6, 6.07) is 12.6. The molecule has 142 valence electrons. The lowest BCUT2D eigenvalue weighted by molar-refractivity contribution is -0.124. The molecule has 2 N–H and O–H groups in total. The molecule has 0 aliphatic carbocycles. The van der Waals surface area contributed by atoms with Crippen LogP contribution >= 0.6 is 11.6 Å². The van der Waals surface area contributed by atoms with Crippen molar-refractivity contribution in [2.45, 2.75) is 26.7 Å². The largest absolute Gasteiger partial charge is 0.493 e. The quantitative estimate of drug-likeness (QED) is 0.532. The third-order valence-corrected chi connectivity index (χ3v) is 3.81. The minimum Gasteiger partial charge on any atom is -0.493 e. The Morgan fingerprint density at radius 1 is 1.11 bits per heavy atom. The number of carbonyl (C=O) groups excluding carboxylic acids is 2. The Labute approximate surface area is 163 Å². The minimum absolute atomic E-state index is 0.0307. The summed E-state index contributed by atoms with van der Waals surface area (Å²) in [6.45, 7) is 4.35. The van der Waals surface area contributed by atoms with Crippen LogP contribution in [0.1, 0.15) is 30.9 Å². The Morgan fingerprint density at radius 3 is 2.52 bits per heavy atom. The number of hydrogen-bond donors (Lipinski definition) is 2. The van der Waals surface area contributed by atoms with Gasteiger partial charge in [0.2, 0.25) is 11.8 Å². The van der Waals surface area contributed by atoms with E-state index < -0.39 is 0 Å². The van der Waals surface area contributed by atoms with Crippen molar-refractivity contribution in [3.63, 3.8) is 0 Å². The van der Waals surface area contributed by atoms with Gasteiger partial charge in [-0.05, 0) is 44.2 Å². The van der Waals surface area contributed by atoms with E-state index in [2.05, 4.69) is 15.8 Å². The Bertz CT molecular complexity index is 820. The molecule has 0 heterocycles. The molecule has 2 aromatic carbocycles. The van der Waals surface area contributed by atoms with Crippen molar-refractivity contribution >= 4 is 35.3 Å². The molecule has 2 rings (SSSR count). The lowest BCUT2D eigenvalue weighted by atomic mass is 10.2. The first-order chi connectivity index (χ1) is 13.0. The van der Waals surface area contributed by atoms with Gasteiger partial charge in [0, 0.05) is 29.1 Å². The van der Waals surface area contributed by atoms with E-state index in [4.69, 9.17) is 16.3 Å². The number of nitrogens with zero attached hydrogens (tertiary/aromatic N) is 1. The summed E-state index contributed by atoms with van der Waals surface area (Å²) in [4.78, 5) is 23.7. The summed E-state index contributed by atoms with van der Waals surface area (Å²) in [5.41, 5.74) is 4.86. The fraction of sp³-hybridized carbons (Fsp3) is 0.250. The predicted molar refractivity (Wildman–Crippen MR) is 107 cm³/mol. The summed E-state index contributed by atoms with van der Waals surface area (Å²) in [5, 5.41) is 7.19. The average molecular weight is 388 g/mol. The van der Waals surface area contributed by atoms with Crippen LogP contribution in [0.25, 0.3) is 0 Å². The second-order valence-electron chi connectivity index (χ2n) is 5.82. The summed E-state index contributed by atoms with van der Waals surface area (Å²) in [5.74, 6) is 0.0362. The van der Waals surface area contributed by atoms with Crippen LogP contribution in [0.2, 0.25) is 5.02 Å². The molecule has 0 saturated heterocycles. The number of ether oxygens (including phenoxy) is 1. The fourth-order valence-corrected chi connectivity index (χ4v) is 2.40. The van der Waals surface area contributed by atoms with Gasteiger partial charge >= 0.3 is 0 Å². The zero-order valence-corrected chi connectivity index (χ0v) is 16.0. The Hall–Kier alpha value is -2.86. The van der Waals surface area contributed by atoms with Gasteiger partial charge < -0.3 is 10.1 Å². The molecule has 0 aliphatic rings. The Morgan fingerprint density at radius 2 is 1.81 bits per heavy atom. The number of benzene rings is 2. The highest BCUT2D eigenvalue weighted by atomic mass is 35.5. The highest BCUT2D eigenvalue weighted by Gasteiger charge is 2.07. The molecule has 0 aliphatic heterocycles. The first-order valence-electron chi connectivity index (χ1n) is 8.58. The van der Waals surface area contributed by atoms with Crippen LogP contribution in [0.3, 0.4) is 0 Å². The normalized spacial score (nSPS) is 10.6. The number of anilines is 1. The van der Waals surface area contributed by atoms with Gasteiger partial charge in [-0.15, -0.1) is 0 Å². The van der Waals surface area contributed by atoms with Crippen molar-refractivity contribution in [3.8, 4) is 5.75 Å². The van der Waals surface area contributed by atoms with Crippen LogP contribution < -0.4 is 15.5 Å². The number of rotatable bonds is 8. The van der Waals surface area contributed by atoms with E-state index in [1.807, 2.05) is 38.1 Å². The number of hydrogen-bond acceptors (Lipinski definition) is 4. The first kappa shape index (κ1) is 20.5. The van der Waals surface area contributed by atoms with E-state index in [1.165, 1.54) is 6.21 Å². The topological polar surface area (TPSA) is 79.8 Å². The third-order valence-electron chi connectivity index (χ3n) is 3.58. The third kappa shape index (κ3) is 7.11. The Kier molecular flexibility index (Phi) is 7.82. The number of aryl methyl sites for hydroxylation is 1. The molecule has 2 aromatic rings. The van der Waals surface area contributed by atoms with E-state index in [-0.39, 0.29) is 24.7 Å². The van der Waals surface area contributed by atoms with E-state index in [0.29, 0.717) is 28.6 Å². The molecule has 0 bridgehead atoms. The van der Waals surface area contributed by atoms with Crippen LogP contribution in [0.15, 0.2) is 47.6 Å². The van der Waals surface area contributed by atoms with Gasteiger partial charge in [-0.3, -0.25) is 9.59 Å². The summed E-state index contributed by atoms with van der Waals surface area (Å²) in [7, 11) is 0. The van der Waals surface area contributed by atoms with E-state index in [9.17, 15) is 9.59 Å². The lowest BCUT2D eigenvalue weighted by Crippen LogP contribution is -2.20. The monoisotopic (exact) mass is 387 g/mol. The van der Waals surface area contributed by atoms with Gasteiger partial charge in [-0.2, -0.15) is 5.10 Å². The van der Waals surface area contributed by atoms with Crippen molar-refractivity contribution in [1.29, 1.82) is 0 Å². The molecule has 7 heteroatoms. The van der Waals surface area contributed by atoms with Gasteiger partial charge in [0.05, 0.1) is 12.8 Å². The van der Waals surface area contributed by atoms with Crippen LogP contribution in [-0.4, -0.2) is 24.6 Å². The van der Waals surface area contributed by atoms with Crippen molar-refractivity contribution in [2.75, 3.05) is 11.9 Å². The van der Waals surface area contributed by atoms with Crippen molar-refractivity contribution in [3.05, 3.63) is 58.6 Å². The van der Waals surface area contributed by atoms with Crippen LogP contribution in [0.4, 0.5) is 5.69 Å². The molecule has 0 atom stereocenters. The standard InChI is InChI=1S/C20H22ClN3O3/c1-3-27-18-9-6-16(21)12-15(18)13-22-24-20(26)11-10-19(25)23-17-7-4-14(2)5-8-17/h4-9,12-13H,3,10-11H2,1-2H3,(H,23,25)(H,24,26). The second kappa shape index (κ2) is 10.3. The van der Waals surface area contributed by atoms with Crippen molar-refractivity contribution in [1.82, 2.24) is 5.43 Å². The summed E-state index contributed by atoms with van der Waals surface area (Å²) >= 11 is 5.97. The maximum absolute atomic E-state index is 11.9. The minimum atomic E-state index is -0.356. The van der Waals surface area contributed by atoms with Crippen LogP contribution in [0.5, 0.6) is 5.75 Å². The second-order valence-corrected chi connectivity index (χ2v) is 6.26. The fourth-order valence-electron chi connectivity index (χ4n) is 2.22. The van der Waals surface area contributed by atoms with Gasteiger partial charge in [0.25, 0.3) is 0 Å². The molecular formula is C20H22ClN3O3. The van der Waals surface area contributed by atoms with Crippen LogP contribution in [0, 0.1) is 6.92 Å². The molecule has 2 amide bonds. The molecule has 0 unspecified atom stereocenters. The van der Waals surface area contributed by atoms with E-state index in [0.717, 1.165) is 5.56 Å². The van der Waals surface area contributed by atoms with Gasteiger partial charge in [-0.25, -0.2) is 5.43 Å². The molecular weight excluding hydrogens is 366 g/mol. The van der Waals surface area contributed by atoms with Crippen LogP contribution in [-0.2, 0) is 9.59 Å². The molecule has 0 fully saturated rings. The number of amides is 2. The zero-order valence-electron chi connectivity index (χ0n) is 15.3. The van der Waals surface area contributed by atoms with Gasteiger partial charge in [-0.1, -0.05) is 29.3 Å². The SMILES string of the molecule is CCOc1ccc(Cl)cc1C=NNC(=O)CCC(=O)Nc1ccc(C)cc1. The molecule has 0 aromatic heterocycles. The number of nitrogens with one attached hydrogen (secondary N) is 2. The highest BCUT2D eigenvalue weighted by molar-refractivity contribution is 6.30. The van der Waals surface area contributed by atoms with Crippen molar-refractivity contribution in [2.24, 2.45) is 5.10 Å². The number of hydrazone groups is 1. The molecule has 27 heavy (non-hydrogen) atoms. The molecule has 6 nitrogen and oxygen atoms in total. The molecule has 0 radical (unpaired) electrons. The Balaban J connectivity index is 1.80. The summed E-state index contributed by atoms with van der Waals surface area (Å²) in [6.07, 6.45) is 1.56. The first-order valence-corrected chi connectivity index (χ1v) is 8.96. The lowest BCUT2D eigenvalue weighted by Gasteiger charge is -2.07. The zero-order chi connectivity index (χ0) is 19.6. The maximum atomic E-state index is 11.9. The molecule has 0 saturated carbocycles. The van der Waals surface area contributed by atoms with E-state index >= 15 is 0 Å². The maximum Gasteiger partial charge on any atom is 0.240 e. The number of carbonyl (C=O) groups is 2. The highest BCUT2D eigenvalue weighted by Crippen LogP contribution is 2.21. The average Bonchev–Trinajstić information content (AvgIpc) is 2.64. The number of halogens is 1. The molecule has 0 spiro atoms. The summed E-state index contributed by atoms with van der Waals surface area (Å²) < 4.78 is 5.48. The predicted octanol–water partition coefficient (Wildman–Crippen LogP) is 3.92. The smallest absolute Gasteiger partial charge is 0.240 e.